The van der Waals surface area contributed by atoms with E-state index in [0.717, 1.165) is 5.56 Å². The molecular formula is C37H49ClN6O6S. The van der Waals surface area contributed by atoms with Gasteiger partial charge in [-0.05, 0) is 80.4 Å². The summed E-state index contributed by atoms with van der Waals surface area (Å²) in [7, 11) is 0. The highest BCUT2D eigenvalue weighted by atomic mass is 35.5. The largest absolute Gasteiger partial charge is 0.349 e. The Bertz CT molecular complexity index is 1540. The topological polar surface area (TPSA) is 157 Å². The number of likely N-dealkylation sites (tertiary alicyclic amines) is 1. The molecule has 14 heteroatoms. The number of nitrogens with one attached hydrogen (secondary N) is 4. The first-order valence-corrected chi connectivity index (χ1v) is 19.2. The molecule has 0 radical (unpaired) electrons. The highest BCUT2D eigenvalue weighted by Crippen LogP contribution is 2.23. The van der Waals surface area contributed by atoms with Crippen LogP contribution in [0.3, 0.4) is 0 Å². The SMILES string of the molecule is CSCC[C@@H]1NC(=O)[C@H](C(C)C)NC(=O)CN(C(=O)C2CCN(C(=O)c3ccc(Cl)cc3)CC2)C[C@@H](Cc2ccccc2)NC(=O)[C@H](C)NC1=O. The molecule has 12 nitrogen and oxygen atoms in total. The van der Waals surface area contributed by atoms with Crippen LogP contribution in [0.5, 0.6) is 0 Å². The van der Waals surface area contributed by atoms with Crippen molar-refractivity contribution in [2.75, 3.05) is 38.2 Å². The smallest absolute Gasteiger partial charge is 0.253 e. The zero-order valence-corrected chi connectivity index (χ0v) is 31.2. The summed E-state index contributed by atoms with van der Waals surface area (Å²) in [6.07, 6.45) is 3.36. The third-order valence-corrected chi connectivity index (χ3v) is 10.1. The Morgan fingerprint density at radius 1 is 0.863 bits per heavy atom. The van der Waals surface area contributed by atoms with Gasteiger partial charge < -0.3 is 31.1 Å². The first-order valence-electron chi connectivity index (χ1n) is 17.4. The lowest BCUT2D eigenvalue weighted by molar-refractivity contribution is -0.142. The van der Waals surface area contributed by atoms with Crippen molar-refractivity contribution in [2.24, 2.45) is 11.8 Å². The van der Waals surface area contributed by atoms with Crippen molar-refractivity contribution in [3.63, 3.8) is 0 Å². The number of hydrogen-bond donors (Lipinski definition) is 4. The zero-order chi connectivity index (χ0) is 37.1. The molecule has 0 spiro atoms. The van der Waals surface area contributed by atoms with E-state index in [0.29, 0.717) is 55.1 Å². The molecule has 0 aromatic heterocycles. The molecule has 6 amide bonds. The molecule has 2 aliphatic heterocycles. The van der Waals surface area contributed by atoms with Crippen LogP contribution in [0, 0.1) is 11.8 Å². The van der Waals surface area contributed by atoms with Gasteiger partial charge in [0.1, 0.15) is 18.1 Å². The fourth-order valence-electron chi connectivity index (χ4n) is 6.32. The highest BCUT2D eigenvalue weighted by molar-refractivity contribution is 7.98. The summed E-state index contributed by atoms with van der Waals surface area (Å²) < 4.78 is 0. The van der Waals surface area contributed by atoms with Crippen LogP contribution in [-0.4, -0.2) is 108 Å². The molecule has 2 heterocycles. The molecule has 0 bridgehead atoms. The minimum absolute atomic E-state index is 0.00631. The number of carbonyl (C=O) groups is 6. The van der Waals surface area contributed by atoms with E-state index in [2.05, 4.69) is 21.3 Å². The highest BCUT2D eigenvalue weighted by Gasteiger charge is 2.35. The van der Waals surface area contributed by atoms with Crippen molar-refractivity contribution in [2.45, 2.75) is 70.6 Å². The van der Waals surface area contributed by atoms with Crippen molar-refractivity contribution in [1.29, 1.82) is 0 Å². The summed E-state index contributed by atoms with van der Waals surface area (Å²) >= 11 is 7.51. The number of benzene rings is 2. The molecule has 2 aromatic rings. The Balaban J connectivity index is 1.60. The van der Waals surface area contributed by atoms with Crippen molar-refractivity contribution in [1.82, 2.24) is 31.1 Å². The van der Waals surface area contributed by atoms with Gasteiger partial charge in [0.25, 0.3) is 5.91 Å². The van der Waals surface area contributed by atoms with E-state index in [4.69, 9.17) is 11.6 Å². The molecule has 51 heavy (non-hydrogen) atoms. The number of halogens is 1. The average Bonchev–Trinajstić information content (AvgIpc) is 3.11. The van der Waals surface area contributed by atoms with Crippen LogP contribution in [0.4, 0.5) is 0 Å². The first kappa shape index (κ1) is 39.7. The number of hydrogen-bond acceptors (Lipinski definition) is 7. The van der Waals surface area contributed by atoms with E-state index in [-0.39, 0.29) is 30.8 Å². The molecule has 0 saturated carbocycles. The maximum atomic E-state index is 14.3. The van der Waals surface area contributed by atoms with Gasteiger partial charge in [-0.2, -0.15) is 11.8 Å². The van der Waals surface area contributed by atoms with Crippen LogP contribution in [0.1, 0.15) is 56.0 Å². The van der Waals surface area contributed by atoms with E-state index in [9.17, 15) is 28.8 Å². The van der Waals surface area contributed by atoms with Crippen LogP contribution in [0.15, 0.2) is 54.6 Å². The quantitative estimate of drug-likeness (QED) is 0.324. The van der Waals surface area contributed by atoms with Crippen LogP contribution in [0.2, 0.25) is 5.02 Å². The molecule has 2 fully saturated rings. The summed E-state index contributed by atoms with van der Waals surface area (Å²) in [6.45, 7) is 5.52. The second kappa shape index (κ2) is 18.9. The normalized spacial score (nSPS) is 23.0. The maximum Gasteiger partial charge on any atom is 0.253 e. The molecule has 2 aromatic carbocycles. The van der Waals surface area contributed by atoms with Crippen molar-refractivity contribution in [3.8, 4) is 0 Å². The Morgan fingerprint density at radius 2 is 1.53 bits per heavy atom. The predicted molar refractivity (Wildman–Crippen MR) is 198 cm³/mol. The van der Waals surface area contributed by atoms with Gasteiger partial charge in [0.05, 0.1) is 12.6 Å². The average molecular weight is 741 g/mol. The van der Waals surface area contributed by atoms with E-state index in [1.165, 1.54) is 16.7 Å². The molecule has 4 N–H and O–H groups in total. The van der Waals surface area contributed by atoms with Gasteiger partial charge in [0.15, 0.2) is 0 Å². The van der Waals surface area contributed by atoms with Gasteiger partial charge in [-0.25, -0.2) is 0 Å². The van der Waals surface area contributed by atoms with Crippen LogP contribution in [-0.2, 0) is 30.4 Å². The fourth-order valence-corrected chi connectivity index (χ4v) is 6.92. The van der Waals surface area contributed by atoms with Crippen molar-refractivity contribution >= 4 is 58.8 Å². The van der Waals surface area contributed by atoms with Crippen molar-refractivity contribution < 1.29 is 28.8 Å². The van der Waals surface area contributed by atoms with Crippen LogP contribution < -0.4 is 21.3 Å². The second-order valence-electron chi connectivity index (χ2n) is 13.5. The Hall–Kier alpha value is -4.10. The van der Waals surface area contributed by atoms with Gasteiger partial charge in [-0.15, -0.1) is 0 Å². The molecule has 4 rings (SSSR count). The summed E-state index contributed by atoms with van der Waals surface area (Å²) in [5.41, 5.74) is 1.42. The molecule has 2 saturated heterocycles. The van der Waals surface area contributed by atoms with Crippen LogP contribution in [0.25, 0.3) is 0 Å². The lowest BCUT2D eigenvalue weighted by Gasteiger charge is -2.36. The molecule has 0 aliphatic carbocycles. The minimum Gasteiger partial charge on any atom is -0.349 e. The van der Waals surface area contributed by atoms with Gasteiger partial charge in [-0.1, -0.05) is 55.8 Å². The predicted octanol–water partition coefficient (Wildman–Crippen LogP) is 2.65. The third kappa shape index (κ3) is 11.4. The summed E-state index contributed by atoms with van der Waals surface area (Å²) in [5, 5.41) is 11.9. The van der Waals surface area contributed by atoms with E-state index in [1.54, 1.807) is 49.9 Å². The van der Waals surface area contributed by atoms with Crippen LogP contribution >= 0.6 is 23.4 Å². The van der Waals surface area contributed by atoms with E-state index >= 15 is 0 Å². The van der Waals surface area contributed by atoms with Gasteiger partial charge >= 0.3 is 0 Å². The number of nitrogens with zero attached hydrogens (tertiary/aromatic N) is 2. The van der Waals surface area contributed by atoms with E-state index < -0.39 is 53.7 Å². The Kier molecular flexibility index (Phi) is 14.7. The molecule has 2 aliphatic rings. The summed E-state index contributed by atoms with van der Waals surface area (Å²) in [5.74, 6) is -2.65. The third-order valence-electron chi connectivity index (χ3n) is 9.24. The summed E-state index contributed by atoms with van der Waals surface area (Å²) in [6, 6.07) is 12.7. The second-order valence-corrected chi connectivity index (χ2v) is 15.0. The van der Waals surface area contributed by atoms with Gasteiger partial charge in [0, 0.05) is 36.1 Å². The van der Waals surface area contributed by atoms with Gasteiger partial charge in [0.2, 0.25) is 29.5 Å². The molecule has 276 valence electrons. The van der Waals surface area contributed by atoms with Gasteiger partial charge in [-0.3, -0.25) is 28.8 Å². The number of piperidine rings is 1. The molecule has 0 unspecified atom stereocenters. The number of thioether (sulfide) groups is 1. The standard InChI is InChI=1S/C37H49ClN6O6S/c1-23(2)32-35(48)41-30(16-19-51-4)34(47)39-24(3)33(46)40-29(20-25-8-6-5-7-9-25)21-44(22-31(45)42-32)37(50)27-14-17-43(18-15-27)36(49)26-10-12-28(38)13-11-26/h5-13,23-24,27,29-30,32H,14-22H2,1-4H3,(H,39,47)(H,40,46)(H,41,48)(H,42,45)/t24-,29+,30-,32-/m0/s1. The number of rotatable bonds is 8. The van der Waals surface area contributed by atoms with Crippen molar-refractivity contribution in [3.05, 3.63) is 70.7 Å². The number of carbonyl (C=O) groups excluding carboxylic acids is 6. The number of amides is 6. The first-order chi connectivity index (χ1) is 24.4. The zero-order valence-electron chi connectivity index (χ0n) is 29.7. The Labute approximate surface area is 309 Å². The maximum absolute atomic E-state index is 14.3. The molecular weight excluding hydrogens is 692 g/mol. The fraction of sp³-hybridized carbons (Fsp3) is 0.514. The molecule has 4 atom stereocenters. The van der Waals surface area contributed by atoms with E-state index in [1.807, 2.05) is 36.6 Å². The summed E-state index contributed by atoms with van der Waals surface area (Å²) in [4.78, 5) is 84.7. The Morgan fingerprint density at radius 3 is 2.16 bits per heavy atom. The lowest BCUT2D eigenvalue weighted by Crippen LogP contribution is -2.57. The monoisotopic (exact) mass is 740 g/mol. The minimum atomic E-state index is -0.969. The lowest BCUT2D eigenvalue weighted by atomic mass is 9.94.